The molecule has 6 heteroatoms. The normalized spacial score (nSPS) is 16.8. The van der Waals surface area contributed by atoms with E-state index in [1.54, 1.807) is 0 Å². The molecule has 1 aliphatic heterocycles. The van der Waals surface area contributed by atoms with Crippen molar-refractivity contribution in [3.8, 4) is 0 Å². The van der Waals surface area contributed by atoms with Crippen LogP contribution in [0.2, 0.25) is 0 Å². The van der Waals surface area contributed by atoms with Gasteiger partial charge >= 0.3 is 0 Å². The Hall–Kier alpha value is -0.340. The lowest BCUT2D eigenvalue weighted by Gasteiger charge is -2.29. The van der Waals surface area contributed by atoms with Gasteiger partial charge in [0, 0.05) is 46.3 Å². The molecule has 0 amide bonds. The summed E-state index contributed by atoms with van der Waals surface area (Å²) < 4.78 is 5.41. The Labute approximate surface area is 172 Å². The van der Waals surface area contributed by atoms with Crippen LogP contribution in [-0.2, 0) is 4.74 Å². The van der Waals surface area contributed by atoms with Crippen LogP contribution in [0.3, 0.4) is 0 Å². The zero-order valence-corrected chi connectivity index (χ0v) is 18.8. The van der Waals surface area contributed by atoms with E-state index in [0.29, 0.717) is 5.92 Å². The third-order valence-electron chi connectivity index (χ3n) is 4.32. The molecule has 0 spiro atoms. The molecule has 1 unspecified atom stereocenters. The van der Waals surface area contributed by atoms with Gasteiger partial charge in [-0.1, -0.05) is 19.4 Å². The number of ether oxygens (including phenoxy) is 1. The average molecular weight is 466 g/mol. The first-order valence-electron chi connectivity index (χ1n) is 9.57. The van der Waals surface area contributed by atoms with E-state index in [2.05, 4.69) is 42.6 Å². The van der Waals surface area contributed by atoms with Gasteiger partial charge in [0.1, 0.15) is 0 Å². The third-order valence-corrected chi connectivity index (χ3v) is 4.32. The Bertz CT molecular complexity index is 359. The van der Waals surface area contributed by atoms with Crippen LogP contribution in [0.15, 0.2) is 17.6 Å². The maximum atomic E-state index is 5.41. The lowest BCUT2D eigenvalue weighted by atomic mass is 10.1. The van der Waals surface area contributed by atoms with Crippen molar-refractivity contribution in [2.24, 2.45) is 10.9 Å². The number of aliphatic imine (C=N–C) groups is 1. The van der Waals surface area contributed by atoms with Crippen molar-refractivity contribution in [1.82, 2.24) is 15.1 Å². The second-order valence-corrected chi connectivity index (χ2v) is 6.77. The zero-order chi connectivity index (χ0) is 17.6. The Morgan fingerprint density at radius 2 is 2.04 bits per heavy atom. The first kappa shape index (κ1) is 24.7. The Kier molecular flexibility index (Phi) is 15.7. The lowest BCUT2D eigenvalue weighted by molar-refractivity contribution is 0.0323. The molecule has 1 saturated heterocycles. The van der Waals surface area contributed by atoms with Crippen molar-refractivity contribution in [3.05, 3.63) is 12.7 Å². The van der Waals surface area contributed by atoms with Crippen LogP contribution in [0.1, 0.15) is 39.5 Å². The molecule has 148 valence electrons. The molecule has 0 aromatic carbocycles. The molecular formula is C19H39IN4O. The predicted octanol–water partition coefficient (Wildman–Crippen LogP) is 3.22. The predicted molar refractivity (Wildman–Crippen MR) is 119 cm³/mol. The van der Waals surface area contributed by atoms with Crippen molar-refractivity contribution in [2.45, 2.75) is 39.5 Å². The number of unbranched alkanes of at least 4 members (excludes halogenated alkanes) is 3. The molecule has 1 heterocycles. The van der Waals surface area contributed by atoms with Crippen LogP contribution >= 0.6 is 24.0 Å². The van der Waals surface area contributed by atoms with Gasteiger partial charge in [0.15, 0.2) is 5.96 Å². The van der Waals surface area contributed by atoms with Gasteiger partial charge in [-0.05, 0) is 32.1 Å². The summed E-state index contributed by atoms with van der Waals surface area (Å²) in [5.74, 6) is 1.60. The second kappa shape index (κ2) is 15.9. The number of guanidine groups is 1. The van der Waals surface area contributed by atoms with Crippen molar-refractivity contribution < 1.29 is 4.74 Å². The van der Waals surface area contributed by atoms with Crippen LogP contribution < -0.4 is 5.32 Å². The van der Waals surface area contributed by atoms with Crippen LogP contribution in [-0.4, -0.2) is 75.3 Å². The van der Waals surface area contributed by atoms with Gasteiger partial charge in [-0.25, -0.2) is 0 Å². The number of hydrogen-bond acceptors (Lipinski definition) is 3. The first-order valence-corrected chi connectivity index (χ1v) is 9.57. The van der Waals surface area contributed by atoms with E-state index >= 15 is 0 Å². The Morgan fingerprint density at radius 1 is 1.32 bits per heavy atom. The fraction of sp³-hybridized carbons (Fsp3) is 0.842. The van der Waals surface area contributed by atoms with Gasteiger partial charge in [0.05, 0.1) is 13.2 Å². The molecule has 0 aliphatic carbocycles. The highest BCUT2D eigenvalue weighted by Crippen LogP contribution is 2.05. The molecule has 1 N–H and O–H groups in total. The SMILES string of the molecule is C=CCCCCCN(C)C(=NCC(C)CN1CCOCC1)NCC.I. The first-order chi connectivity index (χ1) is 11.7. The Balaban J connectivity index is 0.00000576. The third kappa shape index (κ3) is 11.8. The van der Waals surface area contributed by atoms with E-state index in [1.165, 1.54) is 19.3 Å². The highest BCUT2D eigenvalue weighted by atomic mass is 127. The maximum Gasteiger partial charge on any atom is 0.193 e. The van der Waals surface area contributed by atoms with Crippen LogP contribution in [0.4, 0.5) is 0 Å². The Morgan fingerprint density at radius 3 is 2.68 bits per heavy atom. The fourth-order valence-corrected chi connectivity index (χ4v) is 2.91. The quantitative estimate of drug-likeness (QED) is 0.167. The molecule has 0 bridgehead atoms. The summed E-state index contributed by atoms with van der Waals surface area (Å²) >= 11 is 0. The molecule has 1 atom stereocenters. The number of hydrogen-bond donors (Lipinski definition) is 1. The molecule has 1 fully saturated rings. The van der Waals surface area contributed by atoms with Crippen molar-refractivity contribution in [1.29, 1.82) is 0 Å². The van der Waals surface area contributed by atoms with Gasteiger partial charge in [-0.2, -0.15) is 0 Å². The minimum Gasteiger partial charge on any atom is -0.379 e. The molecule has 1 rings (SSSR count). The van der Waals surface area contributed by atoms with Crippen LogP contribution in [0.25, 0.3) is 0 Å². The van der Waals surface area contributed by atoms with Gasteiger partial charge in [0.25, 0.3) is 0 Å². The highest BCUT2D eigenvalue weighted by molar-refractivity contribution is 14.0. The second-order valence-electron chi connectivity index (χ2n) is 6.77. The van der Waals surface area contributed by atoms with Crippen molar-refractivity contribution in [2.75, 3.05) is 59.5 Å². The lowest BCUT2D eigenvalue weighted by Crippen LogP contribution is -2.41. The molecule has 0 radical (unpaired) electrons. The largest absolute Gasteiger partial charge is 0.379 e. The molecule has 0 aromatic rings. The van der Waals surface area contributed by atoms with Crippen molar-refractivity contribution >= 4 is 29.9 Å². The molecule has 5 nitrogen and oxygen atoms in total. The summed E-state index contributed by atoms with van der Waals surface area (Å²) in [6.07, 6.45) is 6.82. The molecule has 0 aromatic heterocycles. The van der Waals surface area contributed by atoms with Crippen LogP contribution in [0, 0.1) is 5.92 Å². The fourth-order valence-electron chi connectivity index (χ4n) is 2.91. The monoisotopic (exact) mass is 466 g/mol. The molecule has 25 heavy (non-hydrogen) atoms. The van der Waals surface area contributed by atoms with E-state index < -0.39 is 0 Å². The number of rotatable bonds is 11. The summed E-state index contributed by atoms with van der Waals surface area (Å²) in [5.41, 5.74) is 0. The van der Waals surface area contributed by atoms with E-state index in [0.717, 1.165) is 64.9 Å². The van der Waals surface area contributed by atoms with Gasteiger partial charge in [0.2, 0.25) is 0 Å². The number of morpholine rings is 1. The summed E-state index contributed by atoms with van der Waals surface area (Å²) in [5, 5.41) is 3.42. The summed E-state index contributed by atoms with van der Waals surface area (Å²) in [4.78, 5) is 9.60. The van der Waals surface area contributed by atoms with Gasteiger partial charge in [-0.3, -0.25) is 9.89 Å². The minimum atomic E-state index is 0. The molecule has 0 saturated carbocycles. The minimum absolute atomic E-state index is 0. The summed E-state index contributed by atoms with van der Waals surface area (Å²) in [6.45, 7) is 16.0. The zero-order valence-electron chi connectivity index (χ0n) is 16.5. The van der Waals surface area contributed by atoms with E-state index in [9.17, 15) is 0 Å². The van der Waals surface area contributed by atoms with E-state index in [1.807, 2.05) is 6.08 Å². The number of allylic oxidation sites excluding steroid dienone is 1. The smallest absolute Gasteiger partial charge is 0.193 e. The van der Waals surface area contributed by atoms with Gasteiger partial charge in [-0.15, -0.1) is 30.6 Å². The molecule has 1 aliphatic rings. The average Bonchev–Trinajstić information content (AvgIpc) is 2.59. The van der Waals surface area contributed by atoms with Crippen molar-refractivity contribution in [3.63, 3.8) is 0 Å². The highest BCUT2D eigenvalue weighted by Gasteiger charge is 2.14. The maximum absolute atomic E-state index is 5.41. The molecular weight excluding hydrogens is 427 g/mol. The van der Waals surface area contributed by atoms with Gasteiger partial charge < -0.3 is 15.0 Å². The topological polar surface area (TPSA) is 40.1 Å². The summed E-state index contributed by atoms with van der Waals surface area (Å²) in [6, 6.07) is 0. The van der Waals surface area contributed by atoms with Crippen LogP contribution in [0.5, 0.6) is 0 Å². The number of nitrogens with zero attached hydrogens (tertiary/aromatic N) is 3. The van der Waals surface area contributed by atoms with E-state index in [-0.39, 0.29) is 24.0 Å². The standard InChI is InChI=1S/C19H38N4O.HI/c1-5-7-8-9-10-11-22(4)19(20-6-2)21-16-18(3)17-23-12-14-24-15-13-23;/h5,18H,1,6-17H2,2-4H3,(H,20,21);1H. The number of nitrogens with one attached hydrogen (secondary N) is 1. The van der Waals surface area contributed by atoms with E-state index in [4.69, 9.17) is 9.73 Å². The summed E-state index contributed by atoms with van der Waals surface area (Å²) in [7, 11) is 2.14. The number of halogens is 1.